The van der Waals surface area contributed by atoms with Gasteiger partial charge in [0.2, 0.25) is 5.91 Å². The largest absolute Gasteiger partial charge is 0.334 e. The first-order valence-corrected chi connectivity index (χ1v) is 9.61. The van der Waals surface area contributed by atoms with Crippen LogP contribution in [0.1, 0.15) is 24.6 Å². The lowest BCUT2D eigenvalue weighted by Gasteiger charge is -2.12. The van der Waals surface area contributed by atoms with Gasteiger partial charge in [-0.15, -0.1) is 0 Å². The third-order valence-corrected chi connectivity index (χ3v) is 5.08. The van der Waals surface area contributed by atoms with E-state index in [1.165, 1.54) is 28.8 Å². The number of pyridine rings is 1. The summed E-state index contributed by atoms with van der Waals surface area (Å²) in [6, 6.07) is 14.5. The van der Waals surface area contributed by atoms with Crippen molar-refractivity contribution < 1.29 is 13.7 Å². The molecule has 30 heavy (non-hydrogen) atoms. The highest BCUT2D eigenvalue weighted by Gasteiger charge is 2.29. The number of nitrogens with one attached hydrogen (secondary N) is 1. The number of carbonyl (C=O) groups is 1. The van der Waals surface area contributed by atoms with E-state index in [4.69, 9.17) is 4.52 Å². The predicted molar refractivity (Wildman–Crippen MR) is 109 cm³/mol. The molecule has 1 saturated carbocycles. The fourth-order valence-corrected chi connectivity index (χ4v) is 3.42. The van der Waals surface area contributed by atoms with Crippen molar-refractivity contribution in [2.45, 2.75) is 25.3 Å². The SMILES string of the molecule is O=C(Cn1c(=O)cc(-c2nc(C3CC3)no2)c2ccccc21)Nc1ccccc1F. The summed E-state index contributed by atoms with van der Waals surface area (Å²) in [7, 11) is 0. The van der Waals surface area contributed by atoms with E-state index in [0.29, 0.717) is 28.2 Å². The normalized spacial score (nSPS) is 13.5. The third-order valence-electron chi connectivity index (χ3n) is 5.08. The number of hydrogen-bond donors (Lipinski definition) is 1. The summed E-state index contributed by atoms with van der Waals surface area (Å²) in [5.74, 6) is 0.224. The van der Waals surface area contributed by atoms with E-state index >= 15 is 0 Å². The van der Waals surface area contributed by atoms with Gasteiger partial charge >= 0.3 is 0 Å². The summed E-state index contributed by atoms with van der Waals surface area (Å²) in [6.07, 6.45) is 2.08. The van der Waals surface area contributed by atoms with Crippen LogP contribution in [-0.2, 0) is 11.3 Å². The maximum Gasteiger partial charge on any atom is 0.258 e. The molecule has 1 aliphatic carbocycles. The minimum absolute atomic E-state index is 0.0648. The van der Waals surface area contributed by atoms with Gasteiger partial charge in [-0.2, -0.15) is 4.98 Å². The zero-order valence-electron chi connectivity index (χ0n) is 15.8. The van der Waals surface area contributed by atoms with Crippen molar-refractivity contribution in [3.05, 3.63) is 76.6 Å². The maximum atomic E-state index is 13.8. The average molecular weight is 404 g/mol. The predicted octanol–water partition coefficient (Wildman–Crippen LogP) is 3.71. The summed E-state index contributed by atoms with van der Waals surface area (Å²) >= 11 is 0. The minimum Gasteiger partial charge on any atom is -0.334 e. The summed E-state index contributed by atoms with van der Waals surface area (Å²) in [5, 5.41) is 7.24. The van der Waals surface area contributed by atoms with Gasteiger partial charge in [-0.1, -0.05) is 35.5 Å². The molecule has 1 fully saturated rings. The van der Waals surface area contributed by atoms with E-state index in [-0.39, 0.29) is 18.1 Å². The van der Waals surface area contributed by atoms with Crippen molar-refractivity contribution in [2.75, 3.05) is 5.32 Å². The number of benzene rings is 2. The van der Waals surface area contributed by atoms with Crippen molar-refractivity contribution in [2.24, 2.45) is 0 Å². The van der Waals surface area contributed by atoms with Crippen LogP contribution in [0.5, 0.6) is 0 Å². The van der Waals surface area contributed by atoms with E-state index in [1.54, 1.807) is 18.2 Å². The molecule has 150 valence electrons. The third kappa shape index (κ3) is 3.36. The molecule has 5 rings (SSSR count). The molecule has 0 bridgehead atoms. The van der Waals surface area contributed by atoms with Crippen LogP contribution >= 0.6 is 0 Å². The van der Waals surface area contributed by atoms with Crippen LogP contribution in [0.15, 0.2) is 63.9 Å². The standard InChI is InChI=1S/C22H17FN4O3/c23-16-6-2-3-7-17(16)24-19(28)12-27-18-8-4-1-5-14(18)15(11-20(27)29)22-25-21(26-30-22)13-9-10-13/h1-8,11,13H,9-10,12H2,(H,24,28). The van der Waals surface area contributed by atoms with Crippen LogP contribution < -0.4 is 10.9 Å². The Morgan fingerprint density at radius 1 is 1.17 bits per heavy atom. The fourth-order valence-electron chi connectivity index (χ4n) is 3.42. The lowest BCUT2D eigenvalue weighted by molar-refractivity contribution is -0.116. The monoisotopic (exact) mass is 404 g/mol. The summed E-state index contributed by atoms with van der Waals surface area (Å²) in [4.78, 5) is 29.8. The zero-order valence-corrected chi connectivity index (χ0v) is 15.8. The molecule has 0 saturated heterocycles. The molecule has 0 aliphatic heterocycles. The number of halogens is 1. The van der Waals surface area contributed by atoms with Crippen LogP contribution in [0.4, 0.5) is 10.1 Å². The van der Waals surface area contributed by atoms with Crippen LogP contribution in [0.2, 0.25) is 0 Å². The van der Waals surface area contributed by atoms with Gasteiger partial charge in [-0.25, -0.2) is 4.39 Å². The molecule has 0 radical (unpaired) electrons. The number of rotatable bonds is 5. The number of fused-ring (bicyclic) bond motifs is 1. The summed E-state index contributed by atoms with van der Waals surface area (Å²) in [6.45, 7) is -0.259. The van der Waals surface area contributed by atoms with E-state index in [0.717, 1.165) is 12.8 Å². The van der Waals surface area contributed by atoms with Gasteiger partial charge in [0.25, 0.3) is 11.4 Å². The molecule has 0 spiro atoms. The second kappa shape index (κ2) is 7.22. The molecule has 7 nitrogen and oxygen atoms in total. The minimum atomic E-state index is -0.540. The Labute approximate surface area is 170 Å². The highest BCUT2D eigenvalue weighted by Crippen LogP contribution is 2.39. The Bertz CT molecular complexity index is 1320. The zero-order chi connectivity index (χ0) is 20.7. The molecule has 1 aliphatic rings. The maximum absolute atomic E-state index is 13.8. The summed E-state index contributed by atoms with van der Waals surface area (Å²) < 4.78 is 20.6. The Kier molecular flexibility index (Phi) is 4.39. The Morgan fingerprint density at radius 3 is 2.73 bits per heavy atom. The molecular formula is C22H17FN4O3. The Morgan fingerprint density at radius 2 is 1.93 bits per heavy atom. The lowest BCUT2D eigenvalue weighted by atomic mass is 10.1. The van der Waals surface area contributed by atoms with Gasteiger partial charge in [-0.05, 0) is 31.0 Å². The Balaban J connectivity index is 1.51. The molecule has 2 aromatic heterocycles. The van der Waals surface area contributed by atoms with Gasteiger partial charge < -0.3 is 9.84 Å². The van der Waals surface area contributed by atoms with Crippen LogP contribution in [0.25, 0.3) is 22.4 Å². The molecule has 2 heterocycles. The number of amides is 1. The molecule has 1 N–H and O–H groups in total. The van der Waals surface area contributed by atoms with Gasteiger partial charge in [0.15, 0.2) is 5.82 Å². The van der Waals surface area contributed by atoms with Crippen molar-refractivity contribution in [1.29, 1.82) is 0 Å². The van der Waals surface area contributed by atoms with Gasteiger partial charge in [0.05, 0.1) is 16.8 Å². The Hall–Kier alpha value is -3.81. The van der Waals surface area contributed by atoms with E-state index < -0.39 is 17.3 Å². The van der Waals surface area contributed by atoms with Crippen LogP contribution in [0, 0.1) is 5.82 Å². The smallest absolute Gasteiger partial charge is 0.258 e. The van der Waals surface area contributed by atoms with Crippen molar-refractivity contribution in [3.63, 3.8) is 0 Å². The van der Waals surface area contributed by atoms with Crippen molar-refractivity contribution >= 4 is 22.5 Å². The van der Waals surface area contributed by atoms with E-state index in [1.807, 2.05) is 12.1 Å². The van der Waals surface area contributed by atoms with Gasteiger partial charge in [-0.3, -0.25) is 14.2 Å². The lowest BCUT2D eigenvalue weighted by Crippen LogP contribution is -2.28. The molecular weight excluding hydrogens is 387 g/mol. The molecule has 0 atom stereocenters. The highest BCUT2D eigenvalue weighted by atomic mass is 19.1. The first-order chi connectivity index (χ1) is 14.6. The number of hydrogen-bond acceptors (Lipinski definition) is 5. The fraction of sp³-hybridized carbons (Fsp3) is 0.182. The van der Waals surface area contributed by atoms with E-state index in [2.05, 4.69) is 15.5 Å². The quantitative estimate of drug-likeness (QED) is 0.548. The summed E-state index contributed by atoms with van der Waals surface area (Å²) in [5.41, 5.74) is 0.754. The first kappa shape index (κ1) is 18.2. The molecule has 0 unspecified atom stereocenters. The van der Waals surface area contributed by atoms with Crippen molar-refractivity contribution in [3.8, 4) is 11.5 Å². The molecule has 4 aromatic rings. The second-order valence-electron chi connectivity index (χ2n) is 7.26. The number of nitrogens with zero attached hydrogens (tertiary/aromatic N) is 3. The first-order valence-electron chi connectivity index (χ1n) is 9.61. The average Bonchev–Trinajstić information content (AvgIpc) is 3.48. The molecule has 8 heteroatoms. The number of anilines is 1. The van der Waals surface area contributed by atoms with E-state index in [9.17, 15) is 14.0 Å². The van der Waals surface area contributed by atoms with Crippen LogP contribution in [-0.4, -0.2) is 20.6 Å². The highest BCUT2D eigenvalue weighted by molar-refractivity contribution is 5.95. The van der Waals surface area contributed by atoms with Crippen molar-refractivity contribution in [1.82, 2.24) is 14.7 Å². The number of aromatic nitrogens is 3. The topological polar surface area (TPSA) is 90.0 Å². The number of carbonyl (C=O) groups excluding carboxylic acids is 1. The van der Waals surface area contributed by atoms with Crippen LogP contribution in [0.3, 0.4) is 0 Å². The number of para-hydroxylation sites is 2. The van der Waals surface area contributed by atoms with Gasteiger partial charge in [0.1, 0.15) is 12.4 Å². The van der Waals surface area contributed by atoms with Gasteiger partial charge in [0, 0.05) is 17.4 Å². The molecule has 2 aromatic carbocycles. The molecule has 1 amide bonds. The second-order valence-corrected chi connectivity index (χ2v) is 7.26.